The third-order valence-electron chi connectivity index (χ3n) is 4.14. The van der Waals surface area contributed by atoms with Crippen molar-refractivity contribution in [3.63, 3.8) is 0 Å². The average Bonchev–Trinajstić information content (AvgIpc) is 2.99. The summed E-state index contributed by atoms with van der Waals surface area (Å²) in [4.78, 5) is 20.4. The van der Waals surface area contributed by atoms with Gasteiger partial charge in [-0.3, -0.25) is 4.79 Å². The fraction of sp³-hybridized carbons (Fsp3) is 0.105. The number of aromatic nitrogens is 3. The topological polar surface area (TPSA) is 72.3 Å². The zero-order valence-corrected chi connectivity index (χ0v) is 14.2. The number of fused-ring (bicyclic) bond motifs is 3. The molecule has 7 heteroatoms. The molecule has 0 saturated carbocycles. The van der Waals surface area contributed by atoms with Crippen molar-refractivity contribution in [2.75, 3.05) is 7.11 Å². The predicted molar refractivity (Wildman–Crippen MR) is 98.5 cm³/mol. The van der Waals surface area contributed by atoms with E-state index in [1.807, 2.05) is 18.2 Å². The molecular formula is C19H15FN4O2. The molecule has 2 heterocycles. The Morgan fingerprint density at radius 3 is 2.88 bits per heavy atom. The molecule has 4 aromatic rings. The lowest BCUT2D eigenvalue weighted by atomic mass is 10.2. The van der Waals surface area contributed by atoms with Gasteiger partial charge >= 0.3 is 0 Å². The molecule has 2 aromatic carbocycles. The number of hydrogen-bond donors (Lipinski definition) is 1. The van der Waals surface area contributed by atoms with Crippen molar-refractivity contribution in [1.82, 2.24) is 14.6 Å². The minimum atomic E-state index is -0.365. The molecule has 0 amide bonds. The zero-order chi connectivity index (χ0) is 18.3. The lowest BCUT2D eigenvalue weighted by molar-refractivity contribution is 0.415. The van der Waals surface area contributed by atoms with Crippen molar-refractivity contribution >= 4 is 28.2 Å². The van der Waals surface area contributed by atoms with E-state index < -0.39 is 0 Å². The van der Waals surface area contributed by atoms with Gasteiger partial charge in [0.05, 0.1) is 13.3 Å². The molecule has 0 aliphatic carbocycles. The first-order valence-corrected chi connectivity index (χ1v) is 7.96. The van der Waals surface area contributed by atoms with Crippen molar-refractivity contribution in [3.05, 3.63) is 70.0 Å². The molecular weight excluding hydrogens is 335 g/mol. The van der Waals surface area contributed by atoms with Crippen molar-refractivity contribution in [2.45, 2.75) is 6.92 Å². The van der Waals surface area contributed by atoms with Crippen LogP contribution in [0.25, 0.3) is 21.9 Å². The fourth-order valence-electron chi connectivity index (χ4n) is 2.86. The second-order valence-electron chi connectivity index (χ2n) is 5.84. The summed E-state index contributed by atoms with van der Waals surface area (Å²) < 4.78 is 19.7. The average molecular weight is 350 g/mol. The molecule has 0 saturated heterocycles. The first kappa shape index (κ1) is 16.0. The summed E-state index contributed by atoms with van der Waals surface area (Å²) in [5.74, 6) is 0.751. The van der Waals surface area contributed by atoms with Gasteiger partial charge in [-0.25, -0.2) is 9.37 Å². The van der Waals surface area contributed by atoms with Gasteiger partial charge in [0.15, 0.2) is 0 Å². The second kappa shape index (κ2) is 6.11. The van der Waals surface area contributed by atoms with E-state index in [0.29, 0.717) is 28.2 Å². The van der Waals surface area contributed by atoms with E-state index in [1.54, 1.807) is 26.2 Å². The highest BCUT2D eigenvalue weighted by molar-refractivity contribution is 6.05. The highest BCUT2D eigenvalue weighted by atomic mass is 19.1. The van der Waals surface area contributed by atoms with E-state index in [1.165, 1.54) is 23.0 Å². The molecule has 2 aromatic heterocycles. The molecule has 0 unspecified atom stereocenters. The Kier molecular flexibility index (Phi) is 3.76. The number of rotatable bonds is 3. The zero-order valence-electron chi connectivity index (χ0n) is 14.2. The fourth-order valence-corrected chi connectivity index (χ4v) is 2.86. The lowest BCUT2D eigenvalue weighted by Crippen LogP contribution is -2.20. The van der Waals surface area contributed by atoms with E-state index in [-0.39, 0.29) is 11.4 Å². The summed E-state index contributed by atoms with van der Waals surface area (Å²) in [5, 5.41) is 4.98. The Hall–Kier alpha value is -3.48. The standard InChI is InChI=1S/C19H15FN4O2/c1-11-22-17-15-9-14(26-2)6-7-16(15)23-18(17)19(25)24(11)21-10-12-4-3-5-13(20)8-12/h3-10,23H,1-2H3/b21-10-. The van der Waals surface area contributed by atoms with Crippen LogP contribution in [-0.4, -0.2) is 28.0 Å². The van der Waals surface area contributed by atoms with Gasteiger partial charge in [0, 0.05) is 10.9 Å². The summed E-state index contributed by atoms with van der Waals surface area (Å²) in [6.45, 7) is 1.70. The Bertz CT molecular complexity index is 1220. The van der Waals surface area contributed by atoms with E-state index in [4.69, 9.17) is 4.74 Å². The molecule has 1 N–H and O–H groups in total. The first-order chi connectivity index (χ1) is 12.6. The van der Waals surface area contributed by atoms with Gasteiger partial charge < -0.3 is 9.72 Å². The van der Waals surface area contributed by atoms with Crippen molar-refractivity contribution in [3.8, 4) is 5.75 Å². The third-order valence-corrected chi connectivity index (χ3v) is 4.14. The summed E-state index contributed by atoms with van der Waals surface area (Å²) in [5.41, 5.74) is 1.94. The third kappa shape index (κ3) is 2.63. The quantitative estimate of drug-likeness (QED) is 0.577. The number of ether oxygens (including phenoxy) is 1. The van der Waals surface area contributed by atoms with Gasteiger partial charge in [-0.2, -0.15) is 9.78 Å². The number of benzene rings is 2. The van der Waals surface area contributed by atoms with Gasteiger partial charge in [-0.15, -0.1) is 0 Å². The smallest absolute Gasteiger partial charge is 0.298 e. The number of hydrogen-bond acceptors (Lipinski definition) is 4. The van der Waals surface area contributed by atoms with Crippen LogP contribution >= 0.6 is 0 Å². The number of aromatic amines is 1. The van der Waals surface area contributed by atoms with Crippen LogP contribution in [0.5, 0.6) is 5.75 Å². The molecule has 4 rings (SSSR count). The van der Waals surface area contributed by atoms with Crippen LogP contribution in [0.15, 0.2) is 52.4 Å². The molecule has 26 heavy (non-hydrogen) atoms. The summed E-state index contributed by atoms with van der Waals surface area (Å²) >= 11 is 0. The molecule has 130 valence electrons. The predicted octanol–water partition coefficient (Wildman–Crippen LogP) is 3.22. The number of halogens is 1. The Morgan fingerprint density at radius 1 is 1.27 bits per heavy atom. The van der Waals surface area contributed by atoms with Gasteiger partial charge in [-0.05, 0) is 42.8 Å². The van der Waals surface area contributed by atoms with Gasteiger partial charge in [0.25, 0.3) is 5.56 Å². The number of nitrogens with one attached hydrogen (secondary N) is 1. The van der Waals surface area contributed by atoms with E-state index in [0.717, 1.165) is 10.9 Å². The largest absolute Gasteiger partial charge is 0.497 e. The van der Waals surface area contributed by atoms with Gasteiger partial charge in [0.1, 0.15) is 28.4 Å². The number of aryl methyl sites for hydroxylation is 1. The monoisotopic (exact) mass is 350 g/mol. The van der Waals surface area contributed by atoms with Crippen LogP contribution in [0, 0.1) is 12.7 Å². The van der Waals surface area contributed by atoms with Crippen LogP contribution in [0.2, 0.25) is 0 Å². The Balaban J connectivity index is 1.89. The maximum Gasteiger partial charge on any atom is 0.298 e. The lowest BCUT2D eigenvalue weighted by Gasteiger charge is -2.03. The Labute approximate surface area is 147 Å². The second-order valence-corrected chi connectivity index (χ2v) is 5.84. The van der Waals surface area contributed by atoms with E-state index in [9.17, 15) is 9.18 Å². The highest BCUT2D eigenvalue weighted by Crippen LogP contribution is 2.26. The summed E-state index contributed by atoms with van der Waals surface area (Å²) in [7, 11) is 1.59. The maximum atomic E-state index is 13.3. The van der Waals surface area contributed by atoms with Crippen LogP contribution in [0.4, 0.5) is 4.39 Å². The highest BCUT2D eigenvalue weighted by Gasteiger charge is 2.13. The number of H-pyrrole nitrogens is 1. The molecule has 0 radical (unpaired) electrons. The van der Waals surface area contributed by atoms with Crippen molar-refractivity contribution < 1.29 is 9.13 Å². The molecule has 0 aliphatic heterocycles. The normalized spacial score (nSPS) is 11.7. The SMILES string of the molecule is COc1ccc2[nH]c3c(=O)n(/N=C\c4cccc(F)c4)c(C)nc3c2c1. The number of nitrogens with zero attached hydrogens (tertiary/aromatic N) is 3. The minimum Gasteiger partial charge on any atom is -0.497 e. The molecule has 0 fully saturated rings. The minimum absolute atomic E-state index is 0.324. The van der Waals surface area contributed by atoms with E-state index >= 15 is 0 Å². The Morgan fingerprint density at radius 2 is 2.12 bits per heavy atom. The van der Waals surface area contributed by atoms with Crippen LogP contribution < -0.4 is 10.3 Å². The van der Waals surface area contributed by atoms with Crippen molar-refractivity contribution in [1.29, 1.82) is 0 Å². The van der Waals surface area contributed by atoms with Gasteiger partial charge in [0.2, 0.25) is 0 Å². The van der Waals surface area contributed by atoms with Crippen molar-refractivity contribution in [2.24, 2.45) is 5.10 Å². The molecule has 6 nitrogen and oxygen atoms in total. The van der Waals surface area contributed by atoms with Crippen LogP contribution in [0.3, 0.4) is 0 Å². The molecule has 0 bridgehead atoms. The molecule has 0 aliphatic rings. The first-order valence-electron chi connectivity index (χ1n) is 7.96. The summed E-state index contributed by atoms with van der Waals surface area (Å²) in [6.07, 6.45) is 1.43. The van der Waals surface area contributed by atoms with Gasteiger partial charge in [-0.1, -0.05) is 12.1 Å². The number of methoxy groups -OCH3 is 1. The maximum absolute atomic E-state index is 13.3. The van der Waals surface area contributed by atoms with E-state index in [2.05, 4.69) is 15.1 Å². The molecule has 0 atom stereocenters. The van der Waals surface area contributed by atoms with Crippen LogP contribution in [0.1, 0.15) is 11.4 Å². The van der Waals surface area contributed by atoms with Crippen LogP contribution in [-0.2, 0) is 0 Å². The molecule has 0 spiro atoms. The summed E-state index contributed by atoms with van der Waals surface area (Å²) in [6, 6.07) is 11.5.